The Hall–Kier alpha value is -2.15. The molecule has 0 amide bonds. The molecule has 3 aromatic rings. The number of aryl methyl sites for hydroxylation is 3. The van der Waals surface area contributed by atoms with E-state index in [4.69, 9.17) is 6.35 Å². The highest BCUT2D eigenvalue weighted by Gasteiger charge is 2.19. The normalized spacial score (nSPS) is 17.5. The van der Waals surface area contributed by atoms with Gasteiger partial charge in [-0.1, -0.05) is 48.6 Å². The minimum atomic E-state index is -0.417. The molecular weight excluding hydrogens is 302 g/mol. The molecule has 1 aliphatic rings. The first-order valence-electron chi connectivity index (χ1n) is 9.95. The van der Waals surface area contributed by atoms with E-state index in [0.717, 1.165) is 18.5 Å². The van der Waals surface area contributed by atoms with Crippen molar-refractivity contribution < 1.29 is 1.37 Å². The van der Waals surface area contributed by atoms with Crippen LogP contribution >= 0.6 is 0 Å². The van der Waals surface area contributed by atoms with Crippen molar-refractivity contribution in [1.29, 1.82) is 0 Å². The van der Waals surface area contributed by atoms with Crippen LogP contribution in [0.5, 0.6) is 0 Å². The predicted molar refractivity (Wildman–Crippen MR) is 107 cm³/mol. The average Bonchev–Trinajstić information content (AvgIpc) is 2.61. The number of rotatable bonds is 2. The van der Waals surface area contributed by atoms with Gasteiger partial charge in [0.15, 0.2) is 0 Å². The maximum absolute atomic E-state index is 9.04. The molecule has 0 aliphatic heterocycles. The van der Waals surface area contributed by atoms with Gasteiger partial charge in [0, 0.05) is 18.5 Å². The number of hydrogen-bond donors (Lipinski definition) is 0. The second-order valence-corrected chi connectivity index (χ2v) is 7.53. The zero-order valence-corrected chi connectivity index (χ0v) is 15.5. The molecule has 0 atom stereocenters. The van der Waals surface area contributed by atoms with E-state index in [2.05, 4.69) is 57.2 Å². The number of nitrogens with zero attached hydrogens (tertiary/aromatic N) is 1. The SMILES string of the molecule is [2H]C1(c2ccc3c(-c4cc(C)cc(C)c4)nccc3c2C)CCCCC1. The van der Waals surface area contributed by atoms with Gasteiger partial charge >= 0.3 is 0 Å². The molecule has 128 valence electrons. The van der Waals surface area contributed by atoms with Crippen LogP contribution in [0.15, 0.2) is 42.6 Å². The minimum Gasteiger partial charge on any atom is -0.256 e. The lowest BCUT2D eigenvalue weighted by molar-refractivity contribution is 0.443. The Balaban J connectivity index is 1.89. The van der Waals surface area contributed by atoms with Crippen LogP contribution in [0, 0.1) is 20.8 Å². The van der Waals surface area contributed by atoms with Gasteiger partial charge in [-0.2, -0.15) is 0 Å². The molecule has 0 radical (unpaired) electrons. The second kappa shape index (κ2) is 6.63. The number of benzene rings is 2. The quantitative estimate of drug-likeness (QED) is 0.499. The van der Waals surface area contributed by atoms with Crippen LogP contribution in [-0.2, 0) is 0 Å². The summed E-state index contributed by atoms with van der Waals surface area (Å²) in [6.07, 6.45) is 7.50. The molecule has 0 bridgehead atoms. The van der Waals surface area contributed by atoms with Crippen molar-refractivity contribution in [3.63, 3.8) is 0 Å². The van der Waals surface area contributed by atoms with Gasteiger partial charge in [0.2, 0.25) is 0 Å². The van der Waals surface area contributed by atoms with E-state index in [-0.39, 0.29) is 0 Å². The largest absolute Gasteiger partial charge is 0.256 e. The summed E-state index contributed by atoms with van der Waals surface area (Å²) >= 11 is 0. The van der Waals surface area contributed by atoms with Crippen molar-refractivity contribution in [2.45, 2.75) is 58.8 Å². The monoisotopic (exact) mass is 330 g/mol. The van der Waals surface area contributed by atoms with E-state index < -0.39 is 5.89 Å². The van der Waals surface area contributed by atoms with Crippen LogP contribution in [0.2, 0.25) is 0 Å². The summed E-state index contributed by atoms with van der Waals surface area (Å²) in [7, 11) is 0. The highest BCUT2D eigenvalue weighted by Crippen LogP contribution is 2.38. The van der Waals surface area contributed by atoms with Crippen molar-refractivity contribution in [2.75, 3.05) is 0 Å². The molecule has 1 nitrogen and oxygen atoms in total. The maximum Gasteiger partial charge on any atom is 0.0780 e. The molecule has 1 heteroatoms. The summed E-state index contributed by atoms with van der Waals surface area (Å²) < 4.78 is 9.04. The highest BCUT2D eigenvalue weighted by atomic mass is 14.7. The Morgan fingerprint density at radius 1 is 0.880 bits per heavy atom. The molecule has 2 aromatic carbocycles. The van der Waals surface area contributed by atoms with Gasteiger partial charge in [0.1, 0.15) is 0 Å². The van der Waals surface area contributed by atoms with E-state index in [1.54, 1.807) is 0 Å². The first-order valence-corrected chi connectivity index (χ1v) is 9.45. The lowest BCUT2D eigenvalue weighted by Crippen LogP contribution is -2.06. The summed E-state index contributed by atoms with van der Waals surface area (Å²) in [6.45, 7) is 6.46. The smallest absolute Gasteiger partial charge is 0.0780 e. The van der Waals surface area contributed by atoms with Crippen molar-refractivity contribution in [3.8, 4) is 11.3 Å². The maximum atomic E-state index is 9.04. The Morgan fingerprint density at radius 3 is 2.32 bits per heavy atom. The molecule has 1 saturated carbocycles. The fourth-order valence-corrected chi connectivity index (χ4v) is 4.38. The molecular formula is C24H27N. The fraction of sp³-hybridized carbons (Fsp3) is 0.375. The second-order valence-electron chi connectivity index (χ2n) is 7.53. The van der Waals surface area contributed by atoms with Gasteiger partial charge in [-0.25, -0.2) is 0 Å². The van der Waals surface area contributed by atoms with Crippen LogP contribution in [0.25, 0.3) is 22.0 Å². The van der Waals surface area contributed by atoms with Crippen molar-refractivity contribution in [2.24, 2.45) is 0 Å². The Kier molecular flexibility index (Phi) is 4.01. The highest BCUT2D eigenvalue weighted by molar-refractivity contribution is 5.97. The van der Waals surface area contributed by atoms with Gasteiger partial charge in [0.25, 0.3) is 0 Å². The van der Waals surface area contributed by atoms with Gasteiger partial charge in [-0.15, -0.1) is 0 Å². The standard InChI is InChI=1S/C24H27N/c1-16-13-17(2)15-20(14-16)24-23-10-9-21(19-7-5-4-6-8-19)18(3)22(23)11-12-25-24/h9-15,19H,4-8H2,1-3H3/i19D. The van der Waals surface area contributed by atoms with Crippen molar-refractivity contribution >= 4 is 10.8 Å². The van der Waals surface area contributed by atoms with Crippen LogP contribution in [-0.4, -0.2) is 4.98 Å². The Bertz CT molecular complexity index is 947. The fourth-order valence-electron chi connectivity index (χ4n) is 4.38. The van der Waals surface area contributed by atoms with Crippen LogP contribution < -0.4 is 0 Å². The summed E-state index contributed by atoms with van der Waals surface area (Å²) in [5.41, 5.74) is 7.22. The van der Waals surface area contributed by atoms with Gasteiger partial charge in [-0.3, -0.25) is 4.98 Å². The third-order valence-corrected chi connectivity index (χ3v) is 5.55. The summed E-state index contributed by atoms with van der Waals surface area (Å²) in [5.74, 6) is -0.417. The van der Waals surface area contributed by atoms with Crippen LogP contribution in [0.3, 0.4) is 0 Å². The minimum absolute atomic E-state index is 0.417. The lowest BCUT2D eigenvalue weighted by atomic mass is 9.81. The van der Waals surface area contributed by atoms with Gasteiger partial charge in [-0.05, 0) is 74.2 Å². The average molecular weight is 330 g/mol. The molecule has 25 heavy (non-hydrogen) atoms. The molecule has 0 spiro atoms. The number of aromatic nitrogens is 1. The van der Waals surface area contributed by atoms with Crippen molar-refractivity contribution in [3.05, 3.63) is 64.8 Å². The summed E-state index contributed by atoms with van der Waals surface area (Å²) in [5, 5.41) is 2.43. The van der Waals surface area contributed by atoms with E-state index in [9.17, 15) is 0 Å². The zero-order chi connectivity index (χ0) is 18.3. The molecule has 1 heterocycles. The molecule has 1 fully saturated rings. The third-order valence-electron chi connectivity index (χ3n) is 5.55. The van der Waals surface area contributed by atoms with E-state index >= 15 is 0 Å². The topological polar surface area (TPSA) is 12.9 Å². The molecule has 4 rings (SSSR count). The van der Waals surface area contributed by atoms with Gasteiger partial charge in [0.05, 0.1) is 5.69 Å². The summed E-state index contributed by atoms with van der Waals surface area (Å²) in [6, 6.07) is 13.1. The summed E-state index contributed by atoms with van der Waals surface area (Å²) in [4.78, 5) is 4.71. The Labute approximate surface area is 152 Å². The third kappa shape index (κ3) is 3.08. The molecule has 0 saturated heterocycles. The number of pyridine rings is 1. The van der Waals surface area contributed by atoms with E-state index in [1.807, 2.05) is 6.20 Å². The van der Waals surface area contributed by atoms with E-state index in [0.29, 0.717) is 0 Å². The first-order chi connectivity index (χ1) is 12.5. The number of hydrogen-bond acceptors (Lipinski definition) is 1. The molecule has 1 aromatic heterocycles. The zero-order valence-electron chi connectivity index (χ0n) is 16.5. The first kappa shape index (κ1) is 15.1. The lowest BCUT2D eigenvalue weighted by Gasteiger charge is -2.24. The van der Waals surface area contributed by atoms with Crippen molar-refractivity contribution in [1.82, 2.24) is 4.98 Å². The van der Waals surface area contributed by atoms with Crippen LogP contribution in [0.4, 0.5) is 0 Å². The van der Waals surface area contributed by atoms with E-state index in [1.165, 1.54) is 57.9 Å². The molecule has 0 N–H and O–H groups in total. The molecule has 0 unspecified atom stereocenters. The predicted octanol–water partition coefficient (Wildman–Crippen LogP) is 6.87. The Morgan fingerprint density at radius 2 is 1.60 bits per heavy atom. The van der Waals surface area contributed by atoms with Gasteiger partial charge < -0.3 is 0 Å². The number of fused-ring (bicyclic) bond motifs is 1. The van der Waals surface area contributed by atoms with Crippen LogP contribution in [0.1, 0.15) is 61.6 Å². The molecule has 1 aliphatic carbocycles.